The standard InChI is InChI=1S/C15H28N2O3/c1-13(19)16-10-4-2-3-9-15(20)17(11-6-12-18)14-7-5-8-14/h14,18H,2-12H2,1H3,(H,16,19). The van der Waals surface area contributed by atoms with Gasteiger partial charge in [0, 0.05) is 39.1 Å². The average Bonchev–Trinajstić information content (AvgIpc) is 2.35. The van der Waals surface area contributed by atoms with Crippen LogP contribution in [0.25, 0.3) is 0 Å². The van der Waals surface area contributed by atoms with Crippen LogP contribution in [0.2, 0.25) is 0 Å². The quantitative estimate of drug-likeness (QED) is 0.597. The molecular weight excluding hydrogens is 256 g/mol. The number of rotatable bonds is 10. The summed E-state index contributed by atoms with van der Waals surface area (Å²) < 4.78 is 0. The smallest absolute Gasteiger partial charge is 0.222 e. The average molecular weight is 284 g/mol. The zero-order valence-electron chi connectivity index (χ0n) is 12.6. The van der Waals surface area contributed by atoms with Gasteiger partial charge in [0.05, 0.1) is 0 Å². The summed E-state index contributed by atoms with van der Waals surface area (Å²) in [5, 5.41) is 11.7. The van der Waals surface area contributed by atoms with Gasteiger partial charge in [-0.05, 0) is 38.5 Å². The highest BCUT2D eigenvalue weighted by molar-refractivity contribution is 5.76. The van der Waals surface area contributed by atoms with Gasteiger partial charge in [0.1, 0.15) is 0 Å². The molecule has 2 amide bonds. The van der Waals surface area contributed by atoms with Crippen LogP contribution in [0.5, 0.6) is 0 Å². The van der Waals surface area contributed by atoms with Gasteiger partial charge >= 0.3 is 0 Å². The van der Waals surface area contributed by atoms with Crippen LogP contribution < -0.4 is 5.32 Å². The number of aliphatic hydroxyl groups excluding tert-OH is 1. The normalized spacial score (nSPS) is 14.7. The molecule has 0 aromatic rings. The van der Waals surface area contributed by atoms with E-state index >= 15 is 0 Å². The monoisotopic (exact) mass is 284 g/mol. The molecule has 0 atom stereocenters. The number of carbonyl (C=O) groups excluding carboxylic acids is 2. The summed E-state index contributed by atoms with van der Waals surface area (Å²) in [5.41, 5.74) is 0. The van der Waals surface area contributed by atoms with Gasteiger partial charge in [-0.25, -0.2) is 0 Å². The third-order valence-corrected chi connectivity index (χ3v) is 3.83. The van der Waals surface area contributed by atoms with Gasteiger partial charge in [-0.3, -0.25) is 9.59 Å². The summed E-state index contributed by atoms with van der Waals surface area (Å²) in [6.07, 6.45) is 7.45. The molecule has 0 radical (unpaired) electrons. The van der Waals surface area contributed by atoms with Gasteiger partial charge in [0.25, 0.3) is 0 Å². The lowest BCUT2D eigenvalue weighted by molar-refractivity contribution is -0.135. The second-order valence-electron chi connectivity index (χ2n) is 5.54. The molecule has 1 rings (SSSR count). The Hall–Kier alpha value is -1.10. The van der Waals surface area contributed by atoms with E-state index < -0.39 is 0 Å². The topological polar surface area (TPSA) is 69.6 Å². The Morgan fingerprint density at radius 1 is 1.20 bits per heavy atom. The summed E-state index contributed by atoms with van der Waals surface area (Å²) >= 11 is 0. The molecule has 1 aliphatic rings. The number of aliphatic hydroxyl groups is 1. The third-order valence-electron chi connectivity index (χ3n) is 3.83. The molecule has 116 valence electrons. The van der Waals surface area contributed by atoms with E-state index in [0.717, 1.165) is 32.1 Å². The Labute approximate surface area is 121 Å². The molecule has 5 heteroatoms. The van der Waals surface area contributed by atoms with Crippen LogP contribution in [0.15, 0.2) is 0 Å². The Bertz CT molecular complexity index is 303. The van der Waals surface area contributed by atoms with Crippen LogP contribution in [0.1, 0.15) is 58.3 Å². The molecule has 1 fully saturated rings. The first kappa shape index (κ1) is 17.0. The number of nitrogens with one attached hydrogen (secondary N) is 1. The zero-order valence-corrected chi connectivity index (χ0v) is 12.6. The van der Waals surface area contributed by atoms with Gasteiger partial charge in [-0.2, -0.15) is 0 Å². The van der Waals surface area contributed by atoms with Crippen molar-refractivity contribution in [3.05, 3.63) is 0 Å². The predicted octanol–water partition coefficient (Wildman–Crippen LogP) is 1.45. The molecule has 1 saturated carbocycles. The minimum Gasteiger partial charge on any atom is -0.396 e. The SMILES string of the molecule is CC(=O)NCCCCCC(=O)N(CCCO)C1CCC1. The van der Waals surface area contributed by atoms with E-state index in [-0.39, 0.29) is 18.4 Å². The van der Waals surface area contributed by atoms with Gasteiger partial charge in [0.15, 0.2) is 0 Å². The summed E-state index contributed by atoms with van der Waals surface area (Å²) in [6, 6.07) is 0.411. The van der Waals surface area contributed by atoms with Crippen LogP contribution in [0.4, 0.5) is 0 Å². The Kier molecular flexibility index (Phi) is 8.26. The molecule has 0 bridgehead atoms. The lowest BCUT2D eigenvalue weighted by Gasteiger charge is -2.37. The molecule has 0 aromatic carbocycles. The fourth-order valence-corrected chi connectivity index (χ4v) is 2.44. The summed E-state index contributed by atoms with van der Waals surface area (Å²) in [4.78, 5) is 24.9. The maximum atomic E-state index is 12.2. The van der Waals surface area contributed by atoms with Crippen molar-refractivity contribution in [2.24, 2.45) is 0 Å². The van der Waals surface area contributed by atoms with Gasteiger partial charge in [0.2, 0.25) is 11.8 Å². The van der Waals surface area contributed by atoms with E-state index in [1.165, 1.54) is 13.3 Å². The molecule has 0 saturated heterocycles. The van der Waals surface area contributed by atoms with Crippen LogP contribution in [-0.4, -0.2) is 47.6 Å². The predicted molar refractivity (Wildman–Crippen MR) is 78.2 cm³/mol. The van der Waals surface area contributed by atoms with E-state index in [1.807, 2.05) is 4.90 Å². The summed E-state index contributed by atoms with van der Waals surface area (Å²) in [5.74, 6) is 0.226. The molecule has 5 nitrogen and oxygen atoms in total. The lowest BCUT2D eigenvalue weighted by Crippen LogP contribution is -2.44. The van der Waals surface area contributed by atoms with Crippen molar-refractivity contribution in [3.8, 4) is 0 Å². The first-order valence-electron chi connectivity index (χ1n) is 7.80. The van der Waals surface area contributed by atoms with Crippen molar-refractivity contribution in [2.45, 2.75) is 64.3 Å². The van der Waals surface area contributed by atoms with Gasteiger partial charge in [-0.1, -0.05) is 6.42 Å². The third kappa shape index (κ3) is 6.37. The summed E-state index contributed by atoms with van der Waals surface area (Å²) in [7, 11) is 0. The maximum absolute atomic E-state index is 12.2. The molecule has 0 spiro atoms. The zero-order chi connectivity index (χ0) is 14.8. The summed E-state index contributed by atoms with van der Waals surface area (Å²) in [6.45, 7) is 3.04. The molecular formula is C15H28N2O3. The van der Waals surface area contributed by atoms with E-state index in [0.29, 0.717) is 32.0 Å². The highest BCUT2D eigenvalue weighted by Gasteiger charge is 2.27. The first-order valence-corrected chi connectivity index (χ1v) is 7.80. The molecule has 2 N–H and O–H groups in total. The highest BCUT2D eigenvalue weighted by atomic mass is 16.3. The van der Waals surface area contributed by atoms with E-state index in [4.69, 9.17) is 5.11 Å². The van der Waals surface area contributed by atoms with Gasteiger partial charge in [-0.15, -0.1) is 0 Å². The Morgan fingerprint density at radius 2 is 1.95 bits per heavy atom. The second kappa shape index (κ2) is 9.75. The molecule has 0 unspecified atom stereocenters. The fourth-order valence-electron chi connectivity index (χ4n) is 2.44. The lowest BCUT2D eigenvalue weighted by atomic mass is 9.91. The number of carbonyl (C=O) groups is 2. The van der Waals surface area contributed by atoms with Crippen molar-refractivity contribution < 1.29 is 14.7 Å². The second-order valence-corrected chi connectivity index (χ2v) is 5.54. The molecule has 0 aromatic heterocycles. The minimum atomic E-state index is 0.00115. The maximum Gasteiger partial charge on any atom is 0.222 e. The van der Waals surface area contributed by atoms with Crippen LogP contribution in [0.3, 0.4) is 0 Å². The van der Waals surface area contributed by atoms with Crippen molar-refractivity contribution in [2.75, 3.05) is 19.7 Å². The molecule has 0 heterocycles. The molecule has 1 aliphatic carbocycles. The van der Waals surface area contributed by atoms with Crippen molar-refractivity contribution in [1.29, 1.82) is 0 Å². The molecule has 20 heavy (non-hydrogen) atoms. The Morgan fingerprint density at radius 3 is 2.50 bits per heavy atom. The van der Waals surface area contributed by atoms with Crippen LogP contribution >= 0.6 is 0 Å². The first-order chi connectivity index (χ1) is 9.65. The minimum absolute atomic E-state index is 0.00115. The number of unbranched alkanes of at least 4 members (excludes halogenated alkanes) is 2. The highest BCUT2D eigenvalue weighted by Crippen LogP contribution is 2.25. The number of amides is 2. The number of hydrogen-bond donors (Lipinski definition) is 2. The van der Waals surface area contributed by atoms with Crippen LogP contribution in [-0.2, 0) is 9.59 Å². The Balaban J connectivity index is 2.15. The van der Waals surface area contributed by atoms with Crippen LogP contribution in [0, 0.1) is 0 Å². The van der Waals surface area contributed by atoms with Crippen molar-refractivity contribution in [1.82, 2.24) is 10.2 Å². The molecule has 0 aliphatic heterocycles. The van der Waals surface area contributed by atoms with E-state index in [1.54, 1.807) is 0 Å². The van der Waals surface area contributed by atoms with E-state index in [2.05, 4.69) is 5.32 Å². The largest absolute Gasteiger partial charge is 0.396 e. The number of hydrogen-bond acceptors (Lipinski definition) is 3. The van der Waals surface area contributed by atoms with E-state index in [9.17, 15) is 9.59 Å². The van der Waals surface area contributed by atoms with Crippen molar-refractivity contribution >= 4 is 11.8 Å². The van der Waals surface area contributed by atoms with Crippen molar-refractivity contribution in [3.63, 3.8) is 0 Å². The van der Waals surface area contributed by atoms with Gasteiger partial charge < -0.3 is 15.3 Å². The number of nitrogens with zero attached hydrogens (tertiary/aromatic N) is 1. The fraction of sp³-hybridized carbons (Fsp3) is 0.867.